The van der Waals surface area contributed by atoms with Gasteiger partial charge in [-0.1, -0.05) is 13.8 Å². The van der Waals surface area contributed by atoms with Crippen molar-refractivity contribution in [3.8, 4) is 0 Å². The van der Waals surface area contributed by atoms with Gasteiger partial charge in [-0.15, -0.1) is 0 Å². The number of aliphatic hydroxyl groups is 1. The van der Waals surface area contributed by atoms with Crippen LogP contribution < -0.4 is 4.90 Å². The predicted octanol–water partition coefficient (Wildman–Crippen LogP) is 2.18. The molecule has 19 heavy (non-hydrogen) atoms. The SMILES string of the molecule is CCO[C@H]1CN(c2ccc(C(C)C)nc2)CC[C@H]1O. The van der Waals surface area contributed by atoms with E-state index in [0.717, 1.165) is 30.9 Å². The number of piperidine rings is 1. The molecule has 1 aromatic heterocycles. The molecule has 0 spiro atoms. The molecule has 0 amide bonds. The van der Waals surface area contributed by atoms with Gasteiger partial charge in [-0.05, 0) is 31.4 Å². The molecule has 2 atom stereocenters. The van der Waals surface area contributed by atoms with Crippen LogP contribution in [0.25, 0.3) is 0 Å². The summed E-state index contributed by atoms with van der Waals surface area (Å²) in [6.45, 7) is 8.48. The normalized spacial score (nSPS) is 23.9. The Balaban J connectivity index is 2.05. The molecule has 0 bridgehead atoms. The lowest BCUT2D eigenvalue weighted by Gasteiger charge is -2.37. The highest BCUT2D eigenvalue weighted by Gasteiger charge is 2.28. The average molecular weight is 264 g/mol. The molecule has 1 aliphatic rings. The minimum Gasteiger partial charge on any atom is -0.390 e. The number of anilines is 1. The molecule has 4 heteroatoms. The van der Waals surface area contributed by atoms with E-state index in [9.17, 15) is 5.11 Å². The Morgan fingerprint density at radius 2 is 2.26 bits per heavy atom. The zero-order valence-electron chi connectivity index (χ0n) is 12.0. The Kier molecular flexibility index (Phi) is 4.77. The largest absolute Gasteiger partial charge is 0.390 e. The van der Waals surface area contributed by atoms with Gasteiger partial charge in [0.2, 0.25) is 0 Å². The first-order chi connectivity index (χ1) is 9.11. The number of rotatable bonds is 4. The third-order valence-electron chi connectivity index (χ3n) is 3.63. The Bertz CT molecular complexity index is 392. The molecule has 0 radical (unpaired) electrons. The molecular formula is C15H24N2O2. The van der Waals surface area contributed by atoms with Crippen LogP contribution in [-0.2, 0) is 4.74 Å². The summed E-state index contributed by atoms with van der Waals surface area (Å²) in [5.41, 5.74) is 2.23. The smallest absolute Gasteiger partial charge is 0.101 e. The van der Waals surface area contributed by atoms with Crippen LogP contribution in [0, 0.1) is 0 Å². The number of nitrogens with zero attached hydrogens (tertiary/aromatic N) is 2. The quantitative estimate of drug-likeness (QED) is 0.905. The zero-order chi connectivity index (χ0) is 13.8. The number of aliphatic hydroxyl groups excluding tert-OH is 1. The van der Waals surface area contributed by atoms with Gasteiger partial charge in [0.25, 0.3) is 0 Å². The van der Waals surface area contributed by atoms with Crippen LogP contribution >= 0.6 is 0 Å². The molecule has 1 saturated heterocycles. The highest BCUT2D eigenvalue weighted by atomic mass is 16.5. The van der Waals surface area contributed by atoms with Crippen molar-refractivity contribution in [3.63, 3.8) is 0 Å². The van der Waals surface area contributed by atoms with Crippen molar-refractivity contribution < 1.29 is 9.84 Å². The Labute approximate surface area is 115 Å². The summed E-state index contributed by atoms with van der Waals surface area (Å²) < 4.78 is 5.60. The number of aromatic nitrogens is 1. The third kappa shape index (κ3) is 3.45. The van der Waals surface area contributed by atoms with Gasteiger partial charge >= 0.3 is 0 Å². The lowest BCUT2D eigenvalue weighted by molar-refractivity contribution is -0.0398. The van der Waals surface area contributed by atoms with Crippen molar-refractivity contribution in [3.05, 3.63) is 24.0 Å². The third-order valence-corrected chi connectivity index (χ3v) is 3.63. The first kappa shape index (κ1) is 14.3. The summed E-state index contributed by atoms with van der Waals surface area (Å²) >= 11 is 0. The molecule has 1 fully saturated rings. The van der Waals surface area contributed by atoms with Crippen molar-refractivity contribution >= 4 is 5.69 Å². The van der Waals surface area contributed by atoms with Gasteiger partial charge in [0, 0.05) is 25.4 Å². The molecule has 0 aromatic carbocycles. The second-order valence-corrected chi connectivity index (χ2v) is 5.39. The minimum absolute atomic E-state index is 0.0940. The molecule has 0 aliphatic carbocycles. The first-order valence-electron chi connectivity index (χ1n) is 7.12. The predicted molar refractivity (Wildman–Crippen MR) is 76.6 cm³/mol. The minimum atomic E-state index is -0.348. The van der Waals surface area contributed by atoms with Crippen LogP contribution in [0.2, 0.25) is 0 Å². The fourth-order valence-corrected chi connectivity index (χ4v) is 2.44. The van der Waals surface area contributed by atoms with Crippen LogP contribution in [0.3, 0.4) is 0 Å². The number of pyridine rings is 1. The number of hydrogen-bond acceptors (Lipinski definition) is 4. The van der Waals surface area contributed by atoms with Gasteiger partial charge < -0.3 is 14.7 Å². The molecule has 1 N–H and O–H groups in total. The molecule has 1 aromatic rings. The van der Waals surface area contributed by atoms with Gasteiger partial charge in [0.15, 0.2) is 0 Å². The van der Waals surface area contributed by atoms with E-state index < -0.39 is 0 Å². The molecule has 2 heterocycles. The second kappa shape index (κ2) is 6.35. The molecule has 0 saturated carbocycles. The van der Waals surface area contributed by atoms with E-state index in [-0.39, 0.29) is 12.2 Å². The highest BCUT2D eigenvalue weighted by Crippen LogP contribution is 2.22. The highest BCUT2D eigenvalue weighted by molar-refractivity contribution is 5.45. The maximum atomic E-state index is 9.91. The van der Waals surface area contributed by atoms with Crippen molar-refractivity contribution in [1.82, 2.24) is 4.98 Å². The molecule has 2 rings (SSSR count). The van der Waals surface area contributed by atoms with E-state index in [2.05, 4.69) is 35.9 Å². The molecule has 1 aliphatic heterocycles. The van der Waals surface area contributed by atoms with Gasteiger partial charge in [-0.2, -0.15) is 0 Å². The monoisotopic (exact) mass is 264 g/mol. The first-order valence-corrected chi connectivity index (χ1v) is 7.12. The fourth-order valence-electron chi connectivity index (χ4n) is 2.44. The Morgan fingerprint density at radius 1 is 1.47 bits per heavy atom. The topological polar surface area (TPSA) is 45.6 Å². The zero-order valence-corrected chi connectivity index (χ0v) is 12.0. The maximum Gasteiger partial charge on any atom is 0.101 e. The van der Waals surface area contributed by atoms with Gasteiger partial charge in [-0.3, -0.25) is 4.98 Å². The Hall–Kier alpha value is -1.13. The summed E-state index contributed by atoms with van der Waals surface area (Å²) in [7, 11) is 0. The summed E-state index contributed by atoms with van der Waals surface area (Å²) in [5, 5.41) is 9.91. The second-order valence-electron chi connectivity index (χ2n) is 5.39. The lowest BCUT2D eigenvalue weighted by atomic mass is 10.0. The Morgan fingerprint density at radius 3 is 2.84 bits per heavy atom. The van der Waals surface area contributed by atoms with E-state index in [0.29, 0.717) is 12.5 Å². The van der Waals surface area contributed by atoms with Crippen molar-refractivity contribution in [2.24, 2.45) is 0 Å². The standard InChI is InChI=1S/C15H24N2O2/c1-4-19-15-10-17(8-7-14(15)18)12-5-6-13(11(2)3)16-9-12/h5-6,9,11,14-15,18H,4,7-8,10H2,1-3H3/t14-,15+/m1/s1. The van der Waals surface area contributed by atoms with E-state index in [1.807, 2.05) is 13.1 Å². The van der Waals surface area contributed by atoms with Crippen LogP contribution in [-0.4, -0.2) is 42.0 Å². The van der Waals surface area contributed by atoms with E-state index in [4.69, 9.17) is 4.74 Å². The molecule has 0 unspecified atom stereocenters. The van der Waals surface area contributed by atoms with Gasteiger partial charge in [0.1, 0.15) is 6.10 Å². The number of ether oxygens (including phenoxy) is 1. The van der Waals surface area contributed by atoms with Crippen LogP contribution in [0.4, 0.5) is 5.69 Å². The van der Waals surface area contributed by atoms with Crippen LogP contribution in [0.5, 0.6) is 0 Å². The fraction of sp³-hybridized carbons (Fsp3) is 0.667. The molecule has 106 valence electrons. The van der Waals surface area contributed by atoms with E-state index >= 15 is 0 Å². The van der Waals surface area contributed by atoms with Gasteiger partial charge in [0.05, 0.1) is 18.0 Å². The molecule has 4 nitrogen and oxygen atoms in total. The summed E-state index contributed by atoms with van der Waals surface area (Å²) in [4.78, 5) is 6.74. The number of hydrogen-bond donors (Lipinski definition) is 1. The van der Waals surface area contributed by atoms with Crippen molar-refractivity contribution in [1.29, 1.82) is 0 Å². The van der Waals surface area contributed by atoms with Crippen LogP contribution in [0.1, 0.15) is 38.8 Å². The summed E-state index contributed by atoms with van der Waals surface area (Å²) in [5.74, 6) is 0.452. The molecular weight excluding hydrogens is 240 g/mol. The summed E-state index contributed by atoms with van der Waals surface area (Å²) in [6, 6.07) is 4.20. The lowest BCUT2D eigenvalue weighted by Crippen LogP contribution is -2.48. The van der Waals surface area contributed by atoms with Crippen molar-refractivity contribution in [2.45, 2.75) is 45.3 Å². The van der Waals surface area contributed by atoms with Gasteiger partial charge in [-0.25, -0.2) is 0 Å². The maximum absolute atomic E-state index is 9.91. The van der Waals surface area contributed by atoms with Crippen molar-refractivity contribution in [2.75, 3.05) is 24.6 Å². The summed E-state index contributed by atoms with van der Waals surface area (Å²) in [6.07, 6.45) is 2.23. The van der Waals surface area contributed by atoms with E-state index in [1.54, 1.807) is 0 Å². The average Bonchev–Trinajstić information content (AvgIpc) is 2.41. The van der Waals surface area contributed by atoms with E-state index in [1.165, 1.54) is 0 Å². The van der Waals surface area contributed by atoms with Crippen LogP contribution in [0.15, 0.2) is 18.3 Å².